The van der Waals surface area contributed by atoms with Gasteiger partial charge in [-0.05, 0) is 25.8 Å². The van der Waals surface area contributed by atoms with Gasteiger partial charge in [-0.25, -0.2) is 0 Å². The van der Waals surface area contributed by atoms with Gasteiger partial charge in [-0.1, -0.05) is 0 Å². The lowest BCUT2D eigenvalue weighted by molar-refractivity contribution is -0.253. The van der Waals surface area contributed by atoms with Crippen LogP contribution in [0.15, 0.2) is 0 Å². The third-order valence-corrected chi connectivity index (χ3v) is 4.01. The van der Waals surface area contributed by atoms with Crippen LogP contribution in [-0.4, -0.2) is 35.1 Å². The fourth-order valence-electron chi connectivity index (χ4n) is 1.78. The zero-order valence-corrected chi connectivity index (χ0v) is 11.6. The van der Waals surface area contributed by atoms with E-state index in [4.69, 9.17) is 0 Å². The number of aromatic nitrogens is 2. The van der Waals surface area contributed by atoms with Gasteiger partial charge in [0.15, 0.2) is 0 Å². The van der Waals surface area contributed by atoms with Crippen LogP contribution in [0, 0.1) is 0 Å². The van der Waals surface area contributed by atoms with Gasteiger partial charge in [-0.3, -0.25) is 0 Å². The van der Waals surface area contributed by atoms with Gasteiger partial charge >= 0.3 is 12.4 Å². The van der Waals surface area contributed by atoms with Crippen molar-refractivity contribution in [3.05, 3.63) is 10.0 Å². The molecule has 0 unspecified atom stereocenters. The van der Waals surface area contributed by atoms with Gasteiger partial charge < -0.3 is 5.32 Å². The Morgan fingerprint density at radius 2 is 1.71 bits per heavy atom. The van der Waals surface area contributed by atoms with Crippen LogP contribution in [0.2, 0.25) is 0 Å². The molecule has 0 atom stereocenters. The zero-order valence-electron chi connectivity index (χ0n) is 10.8. The van der Waals surface area contributed by atoms with Gasteiger partial charge in [0.25, 0.3) is 0 Å². The third-order valence-electron chi connectivity index (χ3n) is 2.96. The van der Waals surface area contributed by atoms with Gasteiger partial charge in [-0.2, -0.15) is 26.3 Å². The van der Waals surface area contributed by atoms with Crippen LogP contribution in [0.3, 0.4) is 0 Å². The SMILES string of the molecule is FC(F)(F)C(c1nnc(CCCNC2CC2)s1)C(F)(F)F. The molecule has 0 aromatic carbocycles. The lowest BCUT2D eigenvalue weighted by Gasteiger charge is -2.20. The number of halogens is 6. The summed E-state index contributed by atoms with van der Waals surface area (Å²) in [6.45, 7) is 0.668. The second kappa shape index (κ2) is 6.07. The van der Waals surface area contributed by atoms with Crippen molar-refractivity contribution in [1.29, 1.82) is 0 Å². The van der Waals surface area contributed by atoms with E-state index in [0.717, 1.165) is 12.8 Å². The summed E-state index contributed by atoms with van der Waals surface area (Å²) in [5.41, 5.74) is 0. The fourth-order valence-corrected chi connectivity index (χ4v) is 2.82. The molecular formula is C11H13F6N3S. The first-order valence-electron chi connectivity index (χ1n) is 6.37. The highest BCUT2D eigenvalue weighted by atomic mass is 32.1. The summed E-state index contributed by atoms with van der Waals surface area (Å²) in [5, 5.41) is 8.88. The summed E-state index contributed by atoms with van der Waals surface area (Å²) in [5.74, 6) is -3.55. The first kappa shape index (κ1) is 16.5. The van der Waals surface area contributed by atoms with Crippen LogP contribution in [0.4, 0.5) is 26.3 Å². The Morgan fingerprint density at radius 3 is 2.24 bits per heavy atom. The quantitative estimate of drug-likeness (QED) is 0.640. The van der Waals surface area contributed by atoms with Crippen molar-refractivity contribution >= 4 is 11.3 Å². The molecule has 0 spiro atoms. The molecule has 1 aliphatic rings. The zero-order chi connectivity index (χ0) is 15.7. The van der Waals surface area contributed by atoms with Crippen LogP contribution >= 0.6 is 11.3 Å². The first-order chi connectivity index (χ1) is 9.68. The number of aryl methyl sites for hydroxylation is 1. The van der Waals surface area contributed by atoms with E-state index in [1.54, 1.807) is 0 Å². The Morgan fingerprint density at radius 1 is 1.10 bits per heavy atom. The molecule has 0 amide bonds. The maximum absolute atomic E-state index is 12.5. The van der Waals surface area contributed by atoms with E-state index < -0.39 is 23.3 Å². The Labute approximate surface area is 120 Å². The minimum Gasteiger partial charge on any atom is -0.314 e. The van der Waals surface area contributed by atoms with Gasteiger partial charge in [0, 0.05) is 12.5 Å². The van der Waals surface area contributed by atoms with Crippen molar-refractivity contribution in [2.24, 2.45) is 0 Å². The van der Waals surface area contributed by atoms with Crippen LogP contribution in [0.5, 0.6) is 0 Å². The lowest BCUT2D eigenvalue weighted by Crippen LogP contribution is -2.34. The van der Waals surface area contributed by atoms with E-state index in [1.165, 1.54) is 0 Å². The predicted molar refractivity (Wildman–Crippen MR) is 64.1 cm³/mol. The molecule has 1 fully saturated rings. The highest BCUT2D eigenvalue weighted by Crippen LogP contribution is 2.47. The Balaban J connectivity index is 1.95. The summed E-state index contributed by atoms with van der Waals surface area (Å²) in [6, 6.07) is 0.509. The minimum atomic E-state index is -5.41. The second-order valence-electron chi connectivity index (χ2n) is 4.88. The molecule has 3 nitrogen and oxygen atoms in total. The van der Waals surface area contributed by atoms with Crippen molar-refractivity contribution < 1.29 is 26.3 Å². The largest absolute Gasteiger partial charge is 0.406 e. The summed E-state index contributed by atoms with van der Waals surface area (Å²) in [4.78, 5) is 0. The Kier molecular flexibility index (Phi) is 4.76. The minimum absolute atomic E-state index is 0.195. The van der Waals surface area contributed by atoms with E-state index in [2.05, 4.69) is 15.5 Å². The normalized spacial score (nSPS) is 16.7. The number of hydrogen-bond donors (Lipinski definition) is 1. The molecule has 120 valence electrons. The molecule has 0 bridgehead atoms. The molecule has 1 saturated carbocycles. The Bertz CT molecular complexity index is 451. The summed E-state index contributed by atoms with van der Waals surface area (Å²) >= 11 is 0.379. The topological polar surface area (TPSA) is 37.8 Å². The van der Waals surface area contributed by atoms with Crippen LogP contribution in [-0.2, 0) is 6.42 Å². The van der Waals surface area contributed by atoms with Crippen molar-refractivity contribution in [1.82, 2.24) is 15.5 Å². The molecule has 10 heteroatoms. The van der Waals surface area contributed by atoms with Gasteiger partial charge in [-0.15, -0.1) is 21.5 Å². The van der Waals surface area contributed by atoms with Gasteiger partial charge in [0.1, 0.15) is 10.0 Å². The average Bonchev–Trinajstić information content (AvgIpc) is 3.02. The number of nitrogens with one attached hydrogen (secondary N) is 1. The molecule has 21 heavy (non-hydrogen) atoms. The van der Waals surface area contributed by atoms with E-state index in [1.807, 2.05) is 0 Å². The fraction of sp³-hybridized carbons (Fsp3) is 0.818. The number of hydrogen-bond acceptors (Lipinski definition) is 4. The maximum Gasteiger partial charge on any atom is 0.406 e. The monoisotopic (exact) mass is 333 g/mol. The molecule has 0 aliphatic heterocycles. The standard InChI is InChI=1S/C11H13F6N3S/c12-10(13,14)8(11(15,16)17)9-20-19-7(21-9)2-1-5-18-6-3-4-6/h6,8,18H,1-5H2. The molecule has 1 aromatic heterocycles. The smallest absolute Gasteiger partial charge is 0.314 e. The molecule has 1 aromatic rings. The van der Waals surface area contributed by atoms with E-state index >= 15 is 0 Å². The van der Waals surface area contributed by atoms with Gasteiger partial charge in [0.2, 0.25) is 5.92 Å². The highest BCUT2D eigenvalue weighted by Gasteiger charge is 2.59. The molecule has 2 rings (SSSR count). The Hall–Kier alpha value is -0.900. The number of nitrogens with zero attached hydrogens (tertiary/aromatic N) is 2. The van der Waals surface area contributed by atoms with E-state index in [9.17, 15) is 26.3 Å². The second-order valence-corrected chi connectivity index (χ2v) is 5.98. The van der Waals surface area contributed by atoms with E-state index in [0.29, 0.717) is 36.8 Å². The molecule has 1 N–H and O–H groups in total. The van der Waals surface area contributed by atoms with Crippen molar-refractivity contribution in [3.8, 4) is 0 Å². The van der Waals surface area contributed by atoms with Crippen molar-refractivity contribution in [3.63, 3.8) is 0 Å². The van der Waals surface area contributed by atoms with Crippen LogP contribution < -0.4 is 5.32 Å². The summed E-state index contributed by atoms with van der Waals surface area (Å²) in [6.07, 6.45) is -7.68. The molecule has 1 aliphatic carbocycles. The molecule has 1 heterocycles. The average molecular weight is 333 g/mol. The third kappa shape index (κ3) is 4.80. The molecular weight excluding hydrogens is 320 g/mol. The first-order valence-corrected chi connectivity index (χ1v) is 7.18. The number of alkyl halides is 6. The van der Waals surface area contributed by atoms with Crippen molar-refractivity contribution in [2.75, 3.05) is 6.54 Å². The molecule has 0 saturated heterocycles. The summed E-state index contributed by atoms with van der Waals surface area (Å²) < 4.78 is 75.1. The number of rotatable bonds is 6. The predicted octanol–water partition coefficient (Wildman–Crippen LogP) is 3.43. The molecule has 0 radical (unpaired) electrons. The maximum atomic E-state index is 12.5. The van der Waals surface area contributed by atoms with Gasteiger partial charge in [0.05, 0.1) is 0 Å². The van der Waals surface area contributed by atoms with Crippen molar-refractivity contribution in [2.45, 2.75) is 50.0 Å². The highest BCUT2D eigenvalue weighted by molar-refractivity contribution is 7.11. The van der Waals surface area contributed by atoms with E-state index in [-0.39, 0.29) is 5.01 Å². The van der Waals surface area contributed by atoms with Crippen LogP contribution in [0.1, 0.15) is 35.2 Å². The summed E-state index contributed by atoms with van der Waals surface area (Å²) in [7, 11) is 0. The van der Waals surface area contributed by atoms with Crippen LogP contribution in [0.25, 0.3) is 0 Å². The lowest BCUT2D eigenvalue weighted by atomic mass is 10.1.